The van der Waals surface area contributed by atoms with E-state index in [4.69, 9.17) is 9.47 Å². The molecule has 0 spiro atoms. The van der Waals surface area contributed by atoms with Crippen LogP contribution >= 0.6 is 11.3 Å². The maximum absolute atomic E-state index is 12.8. The summed E-state index contributed by atoms with van der Waals surface area (Å²) in [7, 11) is -2.14. The summed E-state index contributed by atoms with van der Waals surface area (Å²) in [4.78, 5) is 4.13. The number of nitrogens with zero attached hydrogens (tertiary/aromatic N) is 2. The Hall–Kier alpha value is -1.64. The molecule has 0 atom stereocenters. The molecule has 21 heavy (non-hydrogen) atoms. The highest BCUT2D eigenvalue weighted by Crippen LogP contribution is 2.33. The van der Waals surface area contributed by atoms with Crippen LogP contribution in [0, 0.1) is 0 Å². The first kappa shape index (κ1) is 14.3. The fraction of sp³-hybridized carbons (Fsp3) is 0.308. The standard InChI is InChI=1S/C13H14N2O4S2/c1-18-11-4-8-20-13(11)21(16,17)15-6-7-19-12-10(9-15)3-2-5-14-12/h2-5,8H,6-7,9H2,1H3. The Balaban J connectivity index is 1.97. The van der Waals surface area contributed by atoms with Gasteiger partial charge in [0.1, 0.15) is 12.4 Å². The van der Waals surface area contributed by atoms with Crippen molar-refractivity contribution < 1.29 is 17.9 Å². The van der Waals surface area contributed by atoms with Gasteiger partial charge in [0, 0.05) is 24.8 Å². The number of fused-ring (bicyclic) bond motifs is 1. The van der Waals surface area contributed by atoms with Crippen molar-refractivity contribution >= 4 is 21.4 Å². The molecule has 6 nitrogen and oxygen atoms in total. The Labute approximate surface area is 127 Å². The molecule has 0 unspecified atom stereocenters. The average molecular weight is 326 g/mol. The topological polar surface area (TPSA) is 68.7 Å². The second-order valence-corrected chi connectivity index (χ2v) is 7.48. The minimum Gasteiger partial charge on any atom is -0.494 e. The van der Waals surface area contributed by atoms with Crippen LogP contribution in [0.3, 0.4) is 0 Å². The monoisotopic (exact) mass is 326 g/mol. The van der Waals surface area contributed by atoms with Gasteiger partial charge >= 0.3 is 0 Å². The molecule has 0 amide bonds. The highest BCUT2D eigenvalue weighted by atomic mass is 32.2. The molecule has 0 aromatic carbocycles. The van der Waals surface area contributed by atoms with E-state index in [0.29, 0.717) is 11.6 Å². The molecule has 0 bridgehead atoms. The number of sulfonamides is 1. The third-order valence-electron chi connectivity index (χ3n) is 3.17. The summed E-state index contributed by atoms with van der Waals surface area (Å²) >= 11 is 1.15. The van der Waals surface area contributed by atoms with E-state index in [1.165, 1.54) is 11.4 Å². The first-order valence-corrected chi connectivity index (χ1v) is 8.63. The van der Waals surface area contributed by atoms with Crippen molar-refractivity contribution in [3.8, 4) is 11.6 Å². The fourth-order valence-electron chi connectivity index (χ4n) is 2.13. The lowest BCUT2D eigenvalue weighted by molar-refractivity contribution is 0.285. The predicted molar refractivity (Wildman–Crippen MR) is 78.2 cm³/mol. The second kappa shape index (κ2) is 5.63. The fourth-order valence-corrected chi connectivity index (χ4v) is 4.95. The van der Waals surface area contributed by atoms with Crippen LogP contribution in [0.4, 0.5) is 0 Å². The normalized spacial score (nSPS) is 15.9. The van der Waals surface area contributed by atoms with Crippen molar-refractivity contribution in [2.75, 3.05) is 20.3 Å². The number of hydrogen-bond acceptors (Lipinski definition) is 6. The molecule has 3 rings (SSSR count). The van der Waals surface area contributed by atoms with Gasteiger partial charge < -0.3 is 9.47 Å². The van der Waals surface area contributed by atoms with E-state index >= 15 is 0 Å². The summed E-state index contributed by atoms with van der Waals surface area (Å²) in [5.74, 6) is 0.866. The first-order chi connectivity index (χ1) is 10.1. The Kier molecular flexibility index (Phi) is 3.83. The SMILES string of the molecule is COc1ccsc1S(=O)(=O)N1CCOc2ncccc2C1. The predicted octanol–water partition coefficient (Wildman–Crippen LogP) is 1.74. The highest BCUT2D eigenvalue weighted by molar-refractivity contribution is 7.91. The maximum atomic E-state index is 12.8. The van der Waals surface area contributed by atoms with Gasteiger partial charge in [-0.1, -0.05) is 6.07 Å². The van der Waals surface area contributed by atoms with Crippen LogP contribution in [-0.2, 0) is 16.6 Å². The molecule has 0 fully saturated rings. The lowest BCUT2D eigenvalue weighted by Gasteiger charge is -2.18. The van der Waals surface area contributed by atoms with E-state index in [-0.39, 0.29) is 23.9 Å². The number of thiophene rings is 1. The van der Waals surface area contributed by atoms with E-state index in [9.17, 15) is 8.42 Å². The number of aromatic nitrogens is 1. The summed E-state index contributed by atoms with van der Waals surface area (Å²) in [6.07, 6.45) is 1.63. The zero-order valence-corrected chi connectivity index (χ0v) is 13.0. The van der Waals surface area contributed by atoms with Gasteiger partial charge in [-0.05, 0) is 17.5 Å². The van der Waals surface area contributed by atoms with Crippen LogP contribution in [0.25, 0.3) is 0 Å². The Morgan fingerprint density at radius 1 is 1.43 bits per heavy atom. The molecule has 0 saturated carbocycles. The van der Waals surface area contributed by atoms with Crippen LogP contribution in [0.2, 0.25) is 0 Å². The third-order valence-corrected chi connectivity index (χ3v) is 6.44. The van der Waals surface area contributed by atoms with Gasteiger partial charge in [-0.2, -0.15) is 4.31 Å². The summed E-state index contributed by atoms with van der Waals surface area (Å²) in [6.45, 7) is 0.795. The van der Waals surface area contributed by atoms with Gasteiger partial charge in [-0.25, -0.2) is 13.4 Å². The van der Waals surface area contributed by atoms with Gasteiger partial charge in [0.25, 0.3) is 10.0 Å². The molecule has 0 saturated heterocycles. The zero-order chi connectivity index (χ0) is 14.9. The molecule has 2 aromatic heterocycles. The molecule has 2 aromatic rings. The molecule has 0 N–H and O–H groups in total. The molecule has 3 heterocycles. The summed E-state index contributed by atoms with van der Waals surface area (Å²) in [5, 5.41) is 1.70. The van der Waals surface area contributed by atoms with Crippen molar-refractivity contribution in [1.82, 2.24) is 9.29 Å². The largest absolute Gasteiger partial charge is 0.494 e. The lowest BCUT2D eigenvalue weighted by atomic mass is 10.3. The van der Waals surface area contributed by atoms with Crippen molar-refractivity contribution in [3.05, 3.63) is 35.3 Å². The van der Waals surface area contributed by atoms with E-state index < -0.39 is 10.0 Å². The van der Waals surface area contributed by atoms with Crippen LogP contribution < -0.4 is 9.47 Å². The van der Waals surface area contributed by atoms with Crippen molar-refractivity contribution in [2.24, 2.45) is 0 Å². The van der Waals surface area contributed by atoms with Gasteiger partial charge in [0.2, 0.25) is 5.88 Å². The van der Waals surface area contributed by atoms with Crippen molar-refractivity contribution in [1.29, 1.82) is 0 Å². The van der Waals surface area contributed by atoms with E-state index in [1.807, 2.05) is 6.07 Å². The maximum Gasteiger partial charge on any atom is 0.256 e. The van der Waals surface area contributed by atoms with Gasteiger partial charge in [-0.3, -0.25) is 0 Å². The third kappa shape index (κ3) is 2.61. The summed E-state index contributed by atoms with van der Waals surface area (Å²) in [5.41, 5.74) is 0.758. The number of pyridine rings is 1. The van der Waals surface area contributed by atoms with Gasteiger partial charge in [0.15, 0.2) is 4.21 Å². The molecule has 0 aliphatic carbocycles. The van der Waals surface area contributed by atoms with E-state index in [1.54, 1.807) is 23.7 Å². The van der Waals surface area contributed by atoms with Crippen LogP contribution in [0.1, 0.15) is 5.56 Å². The second-order valence-electron chi connectivity index (χ2n) is 4.43. The zero-order valence-electron chi connectivity index (χ0n) is 11.4. The van der Waals surface area contributed by atoms with Crippen molar-refractivity contribution in [2.45, 2.75) is 10.8 Å². The Morgan fingerprint density at radius 3 is 3.10 bits per heavy atom. The number of methoxy groups -OCH3 is 1. The number of hydrogen-bond donors (Lipinski definition) is 0. The van der Waals surface area contributed by atoms with Gasteiger partial charge in [-0.15, -0.1) is 11.3 Å². The van der Waals surface area contributed by atoms with Crippen molar-refractivity contribution in [3.63, 3.8) is 0 Å². The lowest BCUT2D eigenvalue weighted by Crippen LogP contribution is -2.32. The summed E-state index contributed by atoms with van der Waals surface area (Å²) in [6, 6.07) is 5.24. The van der Waals surface area contributed by atoms with Crippen LogP contribution in [0.15, 0.2) is 34.0 Å². The molecular formula is C13H14N2O4S2. The average Bonchev–Trinajstić information content (AvgIpc) is 2.86. The first-order valence-electron chi connectivity index (χ1n) is 6.31. The minimum absolute atomic E-state index is 0.220. The molecule has 1 aliphatic heterocycles. The molecular weight excluding hydrogens is 312 g/mol. The quantitative estimate of drug-likeness (QED) is 0.859. The number of rotatable bonds is 3. The van der Waals surface area contributed by atoms with Gasteiger partial charge in [0.05, 0.1) is 7.11 Å². The minimum atomic E-state index is -3.61. The van der Waals surface area contributed by atoms with E-state index in [2.05, 4.69) is 4.98 Å². The Bertz CT molecular complexity index is 742. The molecule has 1 aliphatic rings. The van der Waals surface area contributed by atoms with Crippen LogP contribution in [0.5, 0.6) is 11.6 Å². The molecule has 8 heteroatoms. The Morgan fingerprint density at radius 2 is 2.29 bits per heavy atom. The highest BCUT2D eigenvalue weighted by Gasteiger charge is 2.31. The molecule has 0 radical (unpaired) electrons. The summed E-state index contributed by atoms with van der Waals surface area (Å²) < 4.78 is 37.8. The van der Waals surface area contributed by atoms with E-state index in [0.717, 1.165) is 16.9 Å². The van der Waals surface area contributed by atoms with Crippen LogP contribution in [-0.4, -0.2) is 38.0 Å². The number of ether oxygens (including phenoxy) is 2. The molecule has 112 valence electrons. The smallest absolute Gasteiger partial charge is 0.256 e.